The molecule has 3 aromatic heterocycles. The largest absolute Gasteiger partial charge is 0.299 e. The van der Waals surface area contributed by atoms with E-state index in [0.717, 1.165) is 22.4 Å². The summed E-state index contributed by atoms with van der Waals surface area (Å²) in [6.45, 7) is 10.7. The third kappa shape index (κ3) is 1.97. The van der Waals surface area contributed by atoms with Gasteiger partial charge in [-0.15, -0.1) is 0 Å². The second kappa shape index (κ2) is 5.51. The van der Waals surface area contributed by atoms with Crippen LogP contribution in [0.3, 0.4) is 0 Å². The Bertz CT molecular complexity index is 1560. The Labute approximate surface area is 177 Å². The van der Waals surface area contributed by atoms with Crippen molar-refractivity contribution < 1.29 is 5.94 Å². The van der Waals surface area contributed by atoms with Crippen LogP contribution < -0.4 is 4.57 Å². The molecule has 0 fully saturated rings. The van der Waals surface area contributed by atoms with Crippen molar-refractivity contribution in [2.75, 3.05) is 0 Å². The molecule has 0 spiro atoms. The van der Waals surface area contributed by atoms with Crippen molar-refractivity contribution >= 4 is 27.8 Å². The molecule has 6 rings (SSSR count). The van der Waals surface area contributed by atoms with Crippen LogP contribution in [0.4, 0.5) is 0 Å². The van der Waals surface area contributed by atoms with E-state index in [1.165, 1.54) is 33.4 Å². The van der Waals surface area contributed by atoms with E-state index in [9.17, 15) is 0 Å². The lowest BCUT2D eigenvalue weighted by molar-refractivity contribution is -0.661. The normalized spacial score (nSPS) is 15.7. The van der Waals surface area contributed by atoms with Gasteiger partial charge < -0.3 is 0 Å². The van der Waals surface area contributed by atoms with Crippen LogP contribution >= 0.6 is 0 Å². The van der Waals surface area contributed by atoms with Crippen LogP contribution in [0, 0.1) is 6.92 Å². The first-order valence-electron chi connectivity index (χ1n) is 11.1. The van der Waals surface area contributed by atoms with Gasteiger partial charge in [0.25, 0.3) is 0 Å². The second-order valence-corrected chi connectivity index (χ2v) is 9.36. The van der Waals surface area contributed by atoms with E-state index in [0.29, 0.717) is 0 Å². The predicted molar refractivity (Wildman–Crippen MR) is 122 cm³/mol. The molecule has 1 aliphatic heterocycles. The van der Waals surface area contributed by atoms with Gasteiger partial charge in [0.05, 0.1) is 38.7 Å². The molecule has 4 nitrogen and oxygen atoms in total. The van der Waals surface area contributed by atoms with E-state index in [1.807, 2.05) is 19.9 Å². The van der Waals surface area contributed by atoms with Gasteiger partial charge in [-0.1, -0.05) is 32.0 Å². The Balaban J connectivity index is 1.87. The van der Waals surface area contributed by atoms with Gasteiger partial charge in [0.15, 0.2) is 6.20 Å². The number of nitrogens with zero attached hydrogens (tertiary/aromatic N) is 4. The summed E-state index contributed by atoms with van der Waals surface area (Å²) in [6.07, 6.45) is 2.12. The summed E-state index contributed by atoms with van der Waals surface area (Å²) in [6, 6.07) is 15.1. The molecule has 0 atom stereocenters. The minimum absolute atomic E-state index is 0.320. The standard InChI is InChI=1S/C26H27N4/c1-15(2)17-13-18-23(28(6)14-17)22-16(3)11-12-21-24(22)30(26(18,4)5)25-27-19-9-7-8-10-20(19)29(21)25/h7-15H,1-6H3/q+1/i15D. The second-order valence-electron chi connectivity index (χ2n) is 9.36. The average Bonchev–Trinajstić information content (AvgIpc) is 3.21. The number of pyridine rings is 1. The van der Waals surface area contributed by atoms with Gasteiger partial charge >= 0.3 is 0 Å². The molecular weight excluding hydrogens is 368 g/mol. The first kappa shape index (κ1) is 16.6. The number of aromatic nitrogens is 4. The van der Waals surface area contributed by atoms with Crippen molar-refractivity contribution in [1.29, 1.82) is 0 Å². The summed E-state index contributed by atoms with van der Waals surface area (Å²) < 4.78 is 15.6. The van der Waals surface area contributed by atoms with E-state index >= 15 is 0 Å². The van der Waals surface area contributed by atoms with Crippen molar-refractivity contribution in [2.45, 2.75) is 46.1 Å². The smallest absolute Gasteiger partial charge is 0.220 e. The van der Waals surface area contributed by atoms with Crippen LogP contribution in [-0.4, -0.2) is 14.0 Å². The minimum atomic E-state index is -0.668. The number of benzene rings is 2. The van der Waals surface area contributed by atoms with Crippen LogP contribution in [0.2, 0.25) is 0 Å². The first-order valence-corrected chi connectivity index (χ1v) is 10.6. The number of hydrogen-bond acceptors (Lipinski definition) is 1. The number of fused-ring (bicyclic) bond motifs is 7. The maximum atomic E-state index is 8.66. The van der Waals surface area contributed by atoms with Gasteiger partial charge in [-0.2, -0.15) is 0 Å². The predicted octanol–water partition coefficient (Wildman–Crippen LogP) is 5.46. The maximum Gasteiger partial charge on any atom is 0.220 e. The number of imidazole rings is 2. The highest BCUT2D eigenvalue weighted by Gasteiger charge is 2.41. The van der Waals surface area contributed by atoms with Crippen molar-refractivity contribution in [1.82, 2.24) is 14.0 Å². The molecule has 0 N–H and O–H groups in total. The number of para-hydroxylation sites is 2. The Hall–Kier alpha value is -3.14. The van der Waals surface area contributed by atoms with Gasteiger partial charge in [0.1, 0.15) is 7.05 Å². The summed E-state index contributed by atoms with van der Waals surface area (Å²) in [7, 11) is 2.11. The summed E-state index contributed by atoms with van der Waals surface area (Å²) in [5, 5.41) is 0. The Morgan fingerprint density at radius 1 is 1.10 bits per heavy atom. The number of hydrogen-bond donors (Lipinski definition) is 0. The van der Waals surface area contributed by atoms with Gasteiger partial charge in [-0.25, -0.2) is 9.55 Å². The average molecular weight is 397 g/mol. The van der Waals surface area contributed by atoms with Crippen LogP contribution in [0.5, 0.6) is 0 Å². The fourth-order valence-corrected chi connectivity index (χ4v) is 5.31. The molecule has 0 aliphatic carbocycles. The van der Waals surface area contributed by atoms with Crippen molar-refractivity contribution in [3.63, 3.8) is 0 Å². The summed E-state index contributed by atoms with van der Waals surface area (Å²) in [5.74, 6) is 0.301. The highest BCUT2D eigenvalue weighted by Crippen LogP contribution is 2.47. The SMILES string of the molecule is [2H]C(C)(C)c1cc2c([n+](C)c1)-c1c(C)ccc3c1n(c1nc4ccccc4n31)C2(C)C. The Morgan fingerprint density at radius 2 is 1.87 bits per heavy atom. The quantitative estimate of drug-likeness (QED) is 0.345. The maximum absolute atomic E-state index is 8.66. The molecule has 0 saturated heterocycles. The van der Waals surface area contributed by atoms with E-state index in [1.54, 1.807) is 0 Å². The van der Waals surface area contributed by atoms with Crippen molar-refractivity contribution in [3.8, 4) is 11.3 Å². The van der Waals surface area contributed by atoms with Gasteiger partial charge in [-0.05, 0) is 56.5 Å². The lowest BCUT2D eigenvalue weighted by atomic mass is 9.82. The lowest BCUT2D eigenvalue weighted by Gasteiger charge is -2.34. The van der Waals surface area contributed by atoms with Crippen LogP contribution in [0.1, 0.15) is 51.7 Å². The van der Waals surface area contributed by atoms with Gasteiger partial charge in [-0.3, -0.25) is 8.97 Å². The lowest BCUT2D eigenvalue weighted by Crippen LogP contribution is -2.41. The zero-order chi connectivity index (χ0) is 21.9. The third-order valence-electron chi connectivity index (χ3n) is 6.85. The van der Waals surface area contributed by atoms with Gasteiger partial charge in [0, 0.05) is 6.93 Å². The van der Waals surface area contributed by atoms with Crippen LogP contribution in [-0.2, 0) is 12.6 Å². The Kier molecular flexibility index (Phi) is 3.05. The molecule has 1 aliphatic rings. The van der Waals surface area contributed by atoms with E-state index in [4.69, 9.17) is 6.35 Å². The van der Waals surface area contributed by atoms with E-state index < -0.39 is 5.89 Å². The minimum Gasteiger partial charge on any atom is -0.299 e. The molecule has 5 aromatic rings. The number of rotatable bonds is 1. The first-order chi connectivity index (χ1) is 14.6. The third-order valence-corrected chi connectivity index (χ3v) is 6.85. The van der Waals surface area contributed by atoms with Crippen LogP contribution in [0.25, 0.3) is 39.1 Å². The summed E-state index contributed by atoms with van der Waals surface area (Å²) >= 11 is 0. The zero-order valence-corrected chi connectivity index (χ0v) is 18.4. The number of aryl methyl sites for hydroxylation is 2. The molecule has 2 aromatic carbocycles. The molecule has 4 heteroatoms. The van der Waals surface area contributed by atoms with E-state index in [2.05, 4.69) is 83.9 Å². The summed E-state index contributed by atoms with van der Waals surface area (Å²) in [4.78, 5) is 5.07. The molecule has 4 heterocycles. The van der Waals surface area contributed by atoms with Crippen LogP contribution in [0.15, 0.2) is 48.7 Å². The monoisotopic (exact) mass is 396 g/mol. The molecule has 0 radical (unpaired) electrons. The fraction of sp³-hybridized carbons (Fsp3) is 0.308. The summed E-state index contributed by atoms with van der Waals surface area (Å²) in [5.41, 5.74) is 10.3. The van der Waals surface area contributed by atoms with Crippen molar-refractivity contribution in [2.24, 2.45) is 7.05 Å². The molecule has 30 heavy (non-hydrogen) atoms. The van der Waals surface area contributed by atoms with Gasteiger partial charge in [0.2, 0.25) is 11.5 Å². The molecule has 0 amide bonds. The molecule has 0 bridgehead atoms. The highest BCUT2D eigenvalue weighted by atomic mass is 15.2. The molecular formula is C26H27N4+. The van der Waals surface area contributed by atoms with E-state index in [-0.39, 0.29) is 5.54 Å². The molecule has 0 saturated carbocycles. The van der Waals surface area contributed by atoms with Crippen molar-refractivity contribution in [3.05, 3.63) is 65.4 Å². The highest BCUT2D eigenvalue weighted by molar-refractivity contribution is 6.01. The zero-order valence-electron chi connectivity index (χ0n) is 19.4. The molecule has 150 valence electrons. The fourth-order valence-electron chi connectivity index (χ4n) is 5.31. The topological polar surface area (TPSA) is 26.1 Å². The Morgan fingerprint density at radius 3 is 2.63 bits per heavy atom. The molecule has 0 unspecified atom stereocenters.